The van der Waals surface area contributed by atoms with Crippen LogP contribution in [0.4, 0.5) is 0 Å². The lowest BCUT2D eigenvalue weighted by Crippen LogP contribution is -2.52. The SMILES string of the molecule is CC(C)(NC(=O)C1CNCCO1)c1ccccc1.Cl. The van der Waals surface area contributed by atoms with Crippen LogP contribution < -0.4 is 10.6 Å². The van der Waals surface area contributed by atoms with Crippen LogP contribution in [0.2, 0.25) is 0 Å². The van der Waals surface area contributed by atoms with Gasteiger partial charge >= 0.3 is 0 Å². The number of hydrogen-bond acceptors (Lipinski definition) is 3. The fraction of sp³-hybridized carbons (Fsp3) is 0.500. The normalized spacial score (nSPS) is 19.4. The Bertz CT molecular complexity index is 403. The summed E-state index contributed by atoms with van der Waals surface area (Å²) >= 11 is 0. The molecule has 19 heavy (non-hydrogen) atoms. The molecule has 1 fully saturated rings. The molecule has 0 aromatic heterocycles. The summed E-state index contributed by atoms with van der Waals surface area (Å²) in [5, 5.41) is 6.19. The maximum absolute atomic E-state index is 12.1. The van der Waals surface area contributed by atoms with Gasteiger partial charge in [-0.2, -0.15) is 0 Å². The first kappa shape index (κ1) is 16.0. The number of halogens is 1. The first-order valence-electron chi connectivity index (χ1n) is 6.29. The number of rotatable bonds is 3. The number of morpholine rings is 1. The van der Waals surface area contributed by atoms with Gasteiger partial charge in [0.2, 0.25) is 0 Å². The Kier molecular flexibility index (Phi) is 5.79. The van der Waals surface area contributed by atoms with E-state index in [-0.39, 0.29) is 30.0 Å². The predicted octanol–water partition coefficient (Wildman–Crippen LogP) is 1.45. The molecular weight excluding hydrogens is 264 g/mol. The highest BCUT2D eigenvalue weighted by atomic mass is 35.5. The molecule has 1 aliphatic heterocycles. The van der Waals surface area contributed by atoms with Crippen molar-refractivity contribution >= 4 is 18.3 Å². The average molecular weight is 285 g/mol. The van der Waals surface area contributed by atoms with Gasteiger partial charge in [0.15, 0.2) is 0 Å². The van der Waals surface area contributed by atoms with Crippen LogP contribution in [-0.2, 0) is 15.1 Å². The number of carbonyl (C=O) groups excluding carboxylic acids is 1. The van der Waals surface area contributed by atoms with Gasteiger partial charge in [0, 0.05) is 13.1 Å². The summed E-state index contributed by atoms with van der Waals surface area (Å²) in [5.74, 6) is -0.0592. The van der Waals surface area contributed by atoms with Crippen molar-refractivity contribution < 1.29 is 9.53 Å². The third kappa shape index (κ3) is 4.20. The van der Waals surface area contributed by atoms with Crippen molar-refractivity contribution in [2.24, 2.45) is 0 Å². The fourth-order valence-corrected chi connectivity index (χ4v) is 2.05. The molecule has 1 atom stereocenters. The zero-order valence-corrected chi connectivity index (χ0v) is 12.1. The maximum Gasteiger partial charge on any atom is 0.251 e. The molecule has 1 aliphatic rings. The van der Waals surface area contributed by atoms with Crippen LogP contribution in [0, 0.1) is 0 Å². The van der Waals surface area contributed by atoms with Crippen LogP contribution in [0.3, 0.4) is 0 Å². The van der Waals surface area contributed by atoms with E-state index in [0.717, 1.165) is 12.1 Å². The summed E-state index contributed by atoms with van der Waals surface area (Å²) in [4.78, 5) is 12.1. The highest BCUT2D eigenvalue weighted by Crippen LogP contribution is 2.19. The molecule has 1 heterocycles. The van der Waals surface area contributed by atoms with Gasteiger partial charge in [-0.25, -0.2) is 0 Å². The molecule has 4 nitrogen and oxygen atoms in total. The molecule has 0 radical (unpaired) electrons. The van der Waals surface area contributed by atoms with E-state index in [1.807, 2.05) is 44.2 Å². The number of ether oxygens (including phenoxy) is 1. The lowest BCUT2D eigenvalue weighted by molar-refractivity contribution is -0.136. The molecule has 2 N–H and O–H groups in total. The van der Waals surface area contributed by atoms with Crippen LogP contribution in [-0.4, -0.2) is 31.7 Å². The van der Waals surface area contributed by atoms with Crippen molar-refractivity contribution in [1.29, 1.82) is 0 Å². The molecule has 5 heteroatoms. The standard InChI is InChI=1S/C14H20N2O2.ClH/c1-14(2,11-6-4-3-5-7-11)16-13(17)12-10-15-8-9-18-12;/h3-7,12,15H,8-10H2,1-2H3,(H,16,17);1H. The van der Waals surface area contributed by atoms with E-state index in [9.17, 15) is 4.79 Å². The minimum atomic E-state index is -0.390. The number of amides is 1. The van der Waals surface area contributed by atoms with Crippen LogP contribution >= 0.6 is 12.4 Å². The van der Waals surface area contributed by atoms with E-state index >= 15 is 0 Å². The maximum atomic E-state index is 12.1. The zero-order chi connectivity index (χ0) is 13.0. The van der Waals surface area contributed by atoms with Crippen molar-refractivity contribution in [2.45, 2.75) is 25.5 Å². The molecule has 106 valence electrons. The third-order valence-corrected chi connectivity index (χ3v) is 3.15. The number of carbonyl (C=O) groups is 1. The Balaban J connectivity index is 0.00000180. The molecule has 1 saturated heterocycles. The molecule has 1 unspecified atom stereocenters. The monoisotopic (exact) mass is 284 g/mol. The second-order valence-electron chi connectivity index (χ2n) is 5.04. The Morgan fingerprint density at radius 3 is 2.63 bits per heavy atom. The molecule has 0 saturated carbocycles. The molecule has 1 aromatic carbocycles. The lowest BCUT2D eigenvalue weighted by atomic mass is 9.94. The second-order valence-corrected chi connectivity index (χ2v) is 5.04. The van der Waals surface area contributed by atoms with Crippen LogP contribution in [0.1, 0.15) is 19.4 Å². The summed E-state index contributed by atoms with van der Waals surface area (Å²) in [6, 6.07) is 9.94. The van der Waals surface area contributed by atoms with E-state index in [1.54, 1.807) is 0 Å². The number of hydrogen-bond donors (Lipinski definition) is 2. The van der Waals surface area contributed by atoms with E-state index < -0.39 is 0 Å². The largest absolute Gasteiger partial charge is 0.366 e. The van der Waals surface area contributed by atoms with E-state index in [1.165, 1.54) is 0 Å². The van der Waals surface area contributed by atoms with Crippen molar-refractivity contribution in [3.63, 3.8) is 0 Å². The number of benzene rings is 1. The molecule has 2 rings (SSSR count). The van der Waals surface area contributed by atoms with E-state index in [2.05, 4.69) is 10.6 Å². The zero-order valence-electron chi connectivity index (χ0n) is 11.3. The third-order valence-electron chi connectivity index (χ3n) is 3.15. The Hall–Kier alpha value is -1.10. The Labute approximate surface area is 120 Å². The quantitative estimate of drug-likeness (QED) is 0.883. The first-order valence-corrected chi connectivity index (χ1v) is 6.29. The lowest BCUT2D eigenvalue weighted by Gasteiger charge is -2.30. The van der Waals surface area contributed by atoms with Gasteiger partial charge < -0.3 is 15.4 Å². The smallest absolute Gasteiger partial charge is 0.251 e. The minimum Gasteiger partial charge on any atom is -0.366 e. The fourth-order valence-electron chi connectivity index (χ4n) is 2.05. The van der Waals surface area contributed by atoms with E-state index in [0.29, 0.717) is 13.2 Å². The second kappa shape index (κ2) is 6.89. The van der Waals surface area contributed by atoms with Crippen molar-refractivity contribution in [2.75, 3.05) is 19.7 Å². The first-order chi connectivity index (χ1) is 8.59. The van der Waals surface area contributed by atoms with Crippen molar-refractivity contribution in [1.82, 2.24) is 10.6 Å². The minimum absolute atomic E-state index is 0. The van der Waals surface area contributed by atoms with Crippen LogP contribution in [0.25, 0.3) is 0 Å². The summed E-state index contributed by atoms with van der Waals surface area (Å²) in [7, 11) is 0. The van der Waals surface area contributed by atoms with Gasteiger partial charge in [-0.15, -0.1) is 12.4 Å². The summed E-state index contributed by atoms with van der Waals surface area (Å²) in [6.07, 6.45) is -0.387. The highest BCUT2D eigenvalue weighted by Gasteiger charge is 2.28. The van der Waals surface area contributed by atoms with Crippen LogP contribution in [0.15, 0.2) is 30.3 Å². The van der Waals surface area contributed by atoms with Gasteiger partial charge in [-0.1, -0.05) is 30.3 Å². The Morgan fingerprint density at radius 2 is 2.05 bits per heavy atom. The van der Waals surface area contributed by atoms with Gasteiger partial charge in [0.25, 0.3) is 5.91 Å². The molecule has 0 bridgehead atoms. The van der Waals surface area contributed by atoms with Gasteiger partial charge in [0.05, 0.1) is 12.1 Å². The topological polar surface area (TPSA) is 50.4 Å². The summed E-state index contributed by atoms with van der Waals surface area (Å²) < 4.78 is 5.45. The van der Waals surface area contributed by atoms with Crippen molar-refractivity contribution in [3.8, 4) is 0 Å². The molecule has 1 aromatic rings. The molecular formula is C14H21ClN2O2. The van der Waals surface area contributed by atoms with Gasteiger partial charge in [-0.05, 0) is 19.4 Å². The summed E-state index contributed by atoms with van der Waals surface area (Å²) in [6.45, 7) is 5.97. The van der Waals surface area contributed by atoms with Crippen molar-refractivity contribution in [3.05, 3.63) is 35.9 Å². The highest BCUT2D eigenvalue weighted by molar-refractivity contribution is 5.85. The predicted molar refractivity (Wildman–Crippen MR) is 77.5 cm³/mol. The molecule has 0 spiro atoms. The molecule has 0 aliphatic carbocycles. The Morgan fingerprint density at radius 1 is 1.37 bits per heavy atom. The van der Waals surface area contributed by atoms with E-state index in [4.69, 9.17) is 4.74 Å². The van der Waals surface area contributed by atoms with Gasteiger partial charge in [-0.3, -0.25) is 4.79 Å². The molecule has 1 amide bonds. The number of nitrogens with one attached hydrogen (secondary N) is 2. The van der Waals surface area contributed by atoms with Crippen LogP contribution in [0.5, 0.6) is 0 Å². The average Bonchev–Trinajstić information content (AvgIpc) is 2.40. The summed E-state index contributed by atoms with van der Waals surface area (Å²) in [5.41, 5.74) is 0.696. The van der Waals surface area contributed by atoms with Gasteiger partial charge in [0.1, 0.15) is 6.10 Å².